The lowest BCUT2D eigenvalue weighted by atomic mass is 10.0. The van der Waals surface area contributed by atoms with E-state index in [2.05, 4.69) is 5.10 Å². The molecule has 1 unspecified atom stereocenters. The van der Waals surface area contributed by atoms with Crippen molar-refractivity contribution in [2.45, 2.75) is 32.7 Å². The molecule has 0 saturated carbocycles. The summed E-state index contributed by atoms with van der Waals surface area (Å²) in [5, 5.41) is 14.0. The first-order valence-electron chi connectivity index (χ1n) is 8.26. The van der Waals surface area contributed by atoms with Crippen molar-refractivity contribution in [3.05, 3.63) is 43.4 Å². The zero-order chi connectivity index (χ0) is 18.5. The summed E-state index contributed by atoms with van der Waals surface area (Å²) in [6.07, 6.45) is 1.81. The van der Waals surface area contributed by atoms with Crippen molar-refractivity contribution in [1.29, 1.82) is 5.26 Å². The number of nitrogens with zero attached hydrogens (tertiary/aromatic N) is 6. The van der Waals surface area contributed by atoms with Gasteiger partial charge in [-0.2, -0.15) is 10.4 Å². The molecular formula is C17H22N6O2. The van der Waals surface area contributed by atoms with E-state index < -0.39 is 11.2 Å². The molecule has 1 aliphatic rings. The van der Waals surface area contributed by atoms with Gasteiger partial charge in [0.05, 0.1) is 11.7 Å². The van der Waals surface area contributed by atoms with E-state index in [1.54, 1.807) is 7.05 Å². The second kappa shape index (κ2) is 5.92. The lowest BCUT2D eigenvalue weighted by Crippen LogP contribution is -2.42. The quantitative estimate of drug-likeness (QED) is 0.799. The number of aromatic nitrogens is 4. The van der Waals surface area contributed by atoms with E-state index in [1.165, 1.54) is 11.6 Å². The third-order valence-electron chi connectivity index (χ3n) is 5.17. The van der Waals surface area contributed by atoms with Crippen molar-refractivity contribution in [2.24, 2.45) is 21.1 Å². The minimum absolute atomic E-state index is 0.00138. The van der Waals surface area contributed by atoms with E-state index in [4.69, 9.17) is 0 Å². The smallest absolute Gasteiger partial charge is 0.332 e. The van der Waals surface area contributed by atoms with Gasteiger partial charge < -0.3 is 4.90 Å². The minimum atomic E-state index is -0.550. The number of hydrogen-bond donors (Lipinski definition) is 0. The third-order valence-corrected chi connectivity index (χ3v) is 5.17. The van der Waals surface area contributed by atoms with Gasteiger partial charge in [0.2, 0.25) is 0 Å². The summed E-state index contributed by atoms with van der Waals surface area (Å²) in [6.45, 7) is 4.67. The highest BCUT2D eigenvalue weighted by Crippen LogP contribution is 2.38. The summed E-state index contributed by atoms with van der Waals surface area (Å²) >= 11 is 0. The van der Waals surface area contributed by atoms with Gasteiger partial charge in [0, 0.05) is 38.9 Å². The van der Waals surface area contributed by atoms with Crippen LogP contribution >= 0.6 is 0 Å². The fourth-order valence-electron chi connectivity index (χ4n) is 3.86. The second-order valence-corrected chi connectivity index (χ2v) is 6.58. The second-order valence-electron chi connectivity index (χ2n) is 6.58. The Morgan fingerprint density at radius 1 is 1.16 bits per heavy atom. The predicted octanol–water partition coefficient (Wildman–Crippen LogP) is 0.648. The molecule has 25 heavy (non-hydrogen) atoms. The number of anilines is 1. The Balaban J connectivity index is 2.25. The molecule has 132 valence electrons. The van der Waals surface area contributed by atoms with Crippen LogP contribution in [0, 0.1) is 25.2 Å². The summed E-state index contributed by atoms with van der Waals surface area (Å²) in [7, 11) is 4.91. The Kier molecular flexibility index (Phi) is 4.03. The van der Waals surface area contributed by atoms with Crippen molar-refractivity contribution in [3.8, 4) is 6.07 Å². The van der Waals surface area contributed by atoms with Crippen LogP contribution < -0.4 is 16.1 Å². The molecule has 1 saturated heterocycles. The van der Waals surface area contributed by atoms with E-state index in [-0.39, 0.29) is 11.6 Å². The number of aryl methyl sites for hydroxylation is 2. The fraction of sp³-hybridized carbons (Fsp3) is 0.529. The molecule has 0 bridgehead atoms. The summed E-state index contributed by atoms with van der Waals surface area (Å²) < 4.78 is 4.22. The summed E-state index contributed by atoms with van der Waals surface area (Å²) in [5.74, 6) is 0.403. The molecule has 8 heteroatoms. The van der Waals surface area contributed by atoms with E-state index in [0.717, 1.165) is 34.4 Å². The van der Waals surface area contributed by atoms with Gasteiger partial charge in [-0.1, -0.05) is 0 Å². The van der Waals surface area contributed by atoms with Crippen LogP contribution in [0.5, 0.6) is 0 Å². The van der Waals surface area contributed by atoms with Crippen LogP contribution in [0.2, 0.25) is 0 Å². The normalized spacial score (nSPS) is 17.1. The zero-order valence-corrected chi connectivity index (χ0v) is 15.2. The average molecular weight is 342 g/mol. The Bertz CT molecular complexity index is 1000. The van der Waals surface area contributed by atoms with Gasteiger partial charge in [-0.3, -0.25) is 18.6 Å². The number of nitriles is 1. The molecule has 1 aliphatic heterocycles. The third kappa shape index (κ3) is 2.38. The van der Waals surface area contributed by atoms with Crippen LogP contribution in [0.4, 0.5) is 5.82 Å². The highest BCUT2D eigenvalue weighted by Gasteiger charge is 2.34. The highest BCUT2D eigenvalue weighted by molar-refractivity contribution is 5.56. The Morgan fingerprint density at radius 3 is 2.40 bits per heavy atom. The van der Waals surface area contributed by atoms with Gasteiger partial charge in [-0.05, 0) is 26.7 Å². The molecule has 8 nitrogen and oxygen atoms in total. The lowest BCUT2D eigenvalue weighted by molar-refractivity contribution is 0.634. The van der Waals surface area contributed by atoms with Crippen molar-refractivity contribution in [1.82, 2.24) is 18.9 Å². The van der Waals surface area contributed by atoms with Gasteiger partial charge in [-0.25, -0.2) is 4.79 Å². The number of hydrogen-bond acceptors (Lipinski definition) is 5. The standard InChI is InChI=1S/C17H22N6O2/c1-10-14(11(2)22(5)19-10)13-7-6-8-23(13)15-12(9-18)16(24)21(4)17(25)20(15)3/h13H,6-8H2,1-5H3. The molecule has 0 N–H and O–H groups in total. The molecule has 2 aromatic rings. The molecule has 1 atom stereocenters. The maximum Gasteiger partial charge on any atom is 0.332 e. The van der Waals surface area contributed by atoms with Gasteiger partial charge >= 0.3 is 5.69 Å². The van der Waals surface area contributed by atoms with Crippen LogP contribution in [0.3, 0.4) is 0 Å². The fourth-order valence-corrected chi connectivity index (χ4v) is 3.86. The summed E-state index contributed by atoms with van der Waals surface area (Å²) in [6, 6.07) is 2.00. The topological polar surface area (TPSA) is 88.8 Å². The van der Waals surface area contributed by atoms with Crippen molar-refractivity contribution >= 4 is 5.82 Å². The monoisotopic (exact) mass is 342 g/mol. The Labute approximate surface area is 145 Å². The number of rotatable bonds is 2. The van der Waals surface area contributed by atoms with Crippen molar-refractivity contribution in [2.75, 3.05) is 11.4 Å². The average Bonchev–Trinajstić information content (AvgIpc) is 3.13. The lowest BCUT2D eigenvalue weighted by Gasteiger charge is -2.29. The first kappa shape index (κ1) is 17.0. The SMILES string of the molecule is Cc1nn(C)c(C)c1C1CCCN1c1c(C#N)c(=O)n(C)c(=O)n1C. The molecular weight excluding hydrogens is 320 g/mol. The van der Waals surface area contributed by atoms with Crippen LogP contribution in [0.1, 0.15) is 41.4 Å². The van der Waals surface area contributed by atoms with Gasteiger partial charge in [0.1, 0.15) is 11.9 Å². The molecule has 0 amide bonds. The van der Waals surface area contributed by atoms with Crippen LogP contribution in [0.25, 0.3) is 0 Å². The van der Waals surface area contributed by atoms with Gasteiger partial charge in [-0.15, -0.1) is 0 Å². The predicted molar refractivity (Wildman–Crippen MR) is 93.6 cm³/mol. The highest BCUT2D eigenvalue weighted by atomic mass is 16.2. The van der Waals surface area contributed by atoms with Gasteiger partial charge in [0.15, 0.2) is 5.56 Å². The first-order valence-corrected chi connectivity index (χ1v) is 8.26. The molecule has 0 aromatic carbocycles. The van der Waals surface area contributed by atoms with Crippen molar-refractivity contribution in [3.63, 3.8) is 0 Å². The Morgan fingerprint density at radius 2 is 1.84 bits per heavy atom. The Hall–Kier alpha value is -2.82. The van der Waals surface area contributed by atoms with E-state index in [0.29, 0.717) is 12.4 Å². The van der Waals surface area contributed by atoms with Crippen molar-refractivity contribution < 1.29 is 0 Å². The maximum atomic E-state index is 12.4. The molecule has 3 rings (SSSR count). The molecule has 3 heterocycles. The summed E-state index contributed by atoms with van der Waals surface area (Å²) in [4.78, 5) is 26.8. The van der Waals surface area contributed by atoms with Crippen LogP contribution in [-0.2, 0) is 21.1 Å². The van der Waals surface area contributed by atoms with Crippen LogP contribution in [-0.4, -0.2) is 25.5 Å². The first-order chi connectivity index (χ1) is 11.8. The molecule has 0 radical (unpaired) electrons. The largest absolute Gasteiger partial charge is 0.349 e. The van der Waals surface area contributed by atoms with E-state index in [9.17, 15) is 14.9 Å². The van der Waals surface area contributed by atoms with E-state index >= 15 is 0 Å². The van der Waals surface area contributed by atoms with Crippen LogP contribution in [0.15, 0.2) is 9.59 Å². The van der Waals surface area contributed by atoms with E-state index in [1.807, 2.05) is 36.5 Å². The zero-order valence-electron chi connectivity index (χ0n) is 15.2. The van der Waals surface area contributed by atoms with Gasteiger partial charge in [0.25, 0.3) is 5.56 Å². The minimum Gasteiger partial charge on any atom is -0.349 e. The maximum absolute atomic E-state index is 12.4. The molecule has 0 aliphatic carbocycles. The molecule has 1 fully saturated rings. The summed E-state index contributed by atoms with van der Waals surface area (Å²) in [5.41, 5.74) is 2.13. The molecule has 2 aromatic heterocycles. The molecule has 0 spiro atoms.